The largest absolute Gasteiger partial charge is 0.356 e. The molecule has 0 amide bonds. The van der Waals surface area contributed by atoms with Crippen molar-refractivity contribution < 1.29 is 4.52 Å². The summed E-state index contributed by atoms with van der Waals surface area (Å²) in [6, 6.07) is 0.556. The smallest absolute Gasteiger partial charge is 0.228 e. The van der Waals surface area contributed by atoms with Gasteiger partial charge in [0.2, 0.25) is 5.89 Å². The normalized spacial score (nSPS) is 16.5. The van der Waals surface area contributed by atoms with Crippen molar-refractivity contribution in [3.05, 3.63) is 11.7 Å². The van der Waals surface area contributed by atoms with E-state index >= 15 is 0 Å². The Morgan fingerprint density at radius 3 is 2.64 bits per heavy atom. The lowest BCUT2D eigenvalue weighted by atomic mass is 9.96. The van der Waals surface area contributed by atoms with Crippen LogP contribution < -0.4 is 10.6 Å². The summed E-state index contributed by atoms with van der Waals surface area (Å²) in [6.45, 7) is 4.86. The summed E-state index contributed by atoms with van der Waals surface area (Å²) >= 11 is 0. The molecule has 6 nitrogen and oxygen atoms in total. The van der Waals surface area contributed by atoms with Crippen molar-refractivity contribution in [2.24, 2.45) is 4.99 Å². The fraction of sp³-hybridized carbons (Fsp3) is 0.800. The van der Waals surface area contributed by atoms with Gasteiger partial charge in [-0.25, -0.2) is 0 Å². The van der Waals surface area contributed by atoms with Crippen molar-refractivity contribution in [3.63, 3.8) is 0 Å². The van der Waals surface area contributed by atoms with Crippen LogP contribution in [0.25, 0.3) is 0 Å². The predicted octanol–water partition coefficient (Wildman–Crippen LogP) is 2.85. The predicted molar refractivity (Wildman–Crippen MR) is 98.9 cm³/mol. The molecule has 22 heavy (non-hydrogen) atoms. The highest BCUT2D eigenvalue weighted by molar-refractivity contribution is 14.0. The van der Waals surface area contributed by atoms with Crippen molar-refractivity contribution >= 4 is 29.9 Å². The van der Waals surface area contributed by atoms with Gasteiger partial charge in [0, 0.05) is 32.0 Å². The van der Waals surface area contributed by atoms with Crippen LogP contribution in [0.1, 0.15) is 63.6 Å². The second kappa shape index (κ2) is 10.0. The summed E-state index contributed by atoms with van der Waals surface area (Å²) in [7, 11) is 1.81. The van der Waals surface area contributed by atoms with E-state index in [1.54, 1.807) is 0 Å². The van der Waals surface area contributed by atoms with Crippen LogP contribution >= 0.6 is 24.0 Å². The van der Waals surface area contributed by atoms with Gasteiger partial charge in [0.1, 0.15) is 0 Å². The van der Waals surface area contributed by atoms with Gasteiger partial charge < -0.3 is 15.2 Å². The van der Waals surface area contributed by atoms with Gasteiger partial charge >= 0.3 is 0 Å². The first-order chi connectivity index (χ1) is 10.2. The molecule has 0 aliphatic heterocycles. The molecule has 0 radical (unpaired) electrons. The number of aliphatic imine (C=N–C) groups is 1. The highest BCUT2D eigenvalue weighted by Gasteiger charge is 2.14. The molecule has 1 heterocycles. The molecule has 0 saturated heterocycles. The monoisotopic (exact) mass is 421 g/mol. The first-order valence-corrected chi connectivity index (χ1v) is 7.98. The van der Waals surface area contributed by atoms with E-state index in [0.29, 0.717) is 24.3 Å². The third-order valence-electron chi connectivity index (χ3n) is 3.80. The van der Waals surface area contributed by atoms with Gasteiger partial charge in [-0.1, -0.05) is 38.3 Å². The number of hydrogen-bond acceptors (Lipinski definition) is 4. The van der Waals surface area contributed by atoms with Crippen LogP contribution in [0.15, 0.2) is 9.52 Å². The van der Waals surface area contributed by atoms with Gasteiger partial charge in [-0.2, -0.15) is 4.98 Å². The lowest BCUT2D eigenvalue weighted by Gasteiger charge is -2.24. The van der Waals surface area contributed by atoms with Crippen LogP contribution in [0.4, 0.5) is 0 Å². The molecule has 2 N–H and O–H groups in total. The van der Waals surface area contributed by atoms with E-state index in [-0.39, 0.29) is 24.0 Å². The molecule has 1 aliphatic rings. The van der Waals surface area contributed by atoms with Crippen LogP contribution in [0.3, 0.4) is 0 Å². The maximum atomic E-state index is 5.23. The molecular weight excluding hydrogens is 393 g/mol. The molecule has 1 aromatic heterocycles. The first-order valence-electron chi connectivity index (χ1n) is 7.98. The van der Waals surface area contributed by atoms with Crippen LogP contribution in [-0.4, -0.2) is 35.7 Å². The van der Waals surface area contributed by atoms with Crippen LogP contribution in [0, 0.1) is 0 Å². The van der Waals surface area contributed by atoms with Crippen LogP contribution in [0.5, 0.6) is 0 Å². The zero-order valence-corrected chi connectivity index (χ0v) is 16.1. The fourth-order valence-corrected chi connectivity index (χ4v) is 2.53. The van der Waals surface area contributed by atoms with E-state index in [1.807, 2.05) is 7.05 Å². The molecule has 0 bridgehead atoms. The molecule has 1 aliphatic carbocycles. The molecule has 0 spiro atoms. The van der Waals surface area contributed by atoms with Crippen LogP contribution in [0.2, 0.25) is 0 Å². The molecule has 1 fully saturated rings. The first kappa shape index (κ1) is 19.2. The van der Waals surface area contributed by atoms with E-state index in [4.69, 9.17) is 4.52 Å². The Hall–Kier alpha value is -0.860. The lowest BCUT2D eigenvalue weighted by Crippen LogP contribution is -2.44. The molecule has 2 rings (SSSR count). The van der Waals surface area contributed by atoms with Crippen molar-refractivity contribution in [1.29, 1.82) is 0 Å². The van der Waals surface area contributed by atoms with Gasteiger partial charge in [-0.15, -0.1) is 24.0 Å². The summed E-state index contributed by atoms with van der Waals surface area (Å²) in [5.74, 6) is 2.62. The Morgan fingerprint density at radius 2 is 2.05 bits per heavy atom. The Morgan fingerprint density at radius 1 is 1.32 bits per heavy atom. The van der Waals surface area contributed by atoms with E-state index in [2.05, 4.69) is 39.6 Å². The average Bonchev–Trinajstić information content (AvgIpc) is 2.96. The number of hydrogen-bond donors (Lipinski definition) is 2. The standard InChI is InChI=1S/C15H27N5O.HI/c1-11(2)14-19-13(21-20-14)9-10-17-15(16-3)18-12-7-5-4-6-8-12;/h11-12H,4-10H2,1-3H3,(H2,16,17,18);1H. The number of aromatic nitrogens is 2. The summed E-state index contributed by atoms with van der Waals surface area (Å²) in [6.07, 6.45) is 7.18. The summed E-state index contributed by atoms with van der Waals surface area (Å²) in [5.41, 5.74) is 0. The molecular formula is C15H28IN5O. The Kier molecular flexibility index (Phi) is 8.74. The molecule has 126 valence electrons. The third kappa shape index (κ3) is 6.10. The minimum absolute atomic E-state index is 0. The fourth-order valence-electron chi connectivity index (χ4n) is 2.53. The number of halogens is 1. The topological polar surface area (TPSA) is 75.3 Å². The quantitative estimate of drug-likeness (QED) is 0.435. The Balaban J connectivity index is 0.00000242. The van der Waals surface area contributed by atoms with Crippen molar-refractivity contribution in [1.82, 2.24) is 20.8 Å². The second-order valence-corrected chi connectivity index (χ2v) is 5.93. The molecule has 7 heteroatoms. The van der Waals surface area contributed by atoms with Gasteiger partial charge in [-0.05, 0) is 12.8 Å². The van der Waals surface area contributed by atoms with Crippen LogP contribution in [-0.2, 0) is 6.42 Å². The Bertz CT molecular complexity index is 455. The highest BCUT2D eigenvalue weighted by atomic mass is 127. The van der Waals surface area contributed by atoms with Crippen molar-refractivity contribution in [2.45, 2.75) is 64.3 Å². The number of guanidine groups is 1. The summed E-state index contributed by atoms with van der Waals surface area (Å²) < 4.78 is 5.23. The number of rotatable bonds is 5. The van der Waals surface area contributed by atoms with Gasteiger partial charge in [0.05, 0.1) is 0 Å². The third-order valence-corrected chi connectivity index (χ3v) is 3.80. The minimum Gasteiger partial charge on any atom is -0.356 e. The highest BCUT2D eigenvalue weighted by Crippen LogP contribution is 2.17. The van der Waals surface area contributed by atoms with Crippen molar-refractivity contribution in [2.75, 3.05) is 13.6 Å². The van der Waals surface area contributed by atoms with Gasteiger partial charge in [-0.3, -0.25) is 4.99 Å². The SMILES string of the molecule is CN=C(NCCc1nc(C(C)C)no1)NC1CCCCC1.I. The molecule has 0 atom stereocenters. The molecule has 1 saturated carbocycles. The van der Waals surface area contributed by atoms with E-state index < -0.39 is 0 Å². The average molecular weight is 421 g/mol. The van der Waals surface area contributed by atoms with E-state index in [0.717, 1.165) is 18.3 Å². The van der Waals surface area contributed by atoms with E-state index in [1.165, 1.54) is 32.1 Å². The maximum Gasteiger partial charge on any atom is 0.228 e. The summed E-state index contributed by atoms with van der Waals surface area (Å²) in [5, 5.41) is 10.8. The van der Waals surface area contributed by atoms with Gasteiger partial charge in [0.15, 0.2) is 11.8 Å². The zero-order valence-electron chi connectivity index (χ0n) is 13.8. The minimum atomic E-state index is 0. The molecule has 1 aromatic rings. The summed E-state index contributed by atoms with van der Waals surface area (Å²) in [4.78, 5) is 8.64. The van der Waals surface area contributed by atoms with E-state index in [9.17, 15) is 0 Å². The van der Waals surface area contributed by atoms with Gasteiger partial charge in [0.25, 0.3) is 0 Å². The lowest BCUT2D eigenvalue weighted by molar-refractivity contribution is 0.370. The second-order valence-electron chi connectivity index (χ2n) is 5.93. The number of nitrogens with one attached hydrogen (secondary N) is 2. The zero-order chi connectivity index (χ0) is 15.1. The number of nitrogens with zero attached hydrogens (tertiary/aromatic N) is 3. The Labute approximate surface area is 149 Å². The van der Waals surface area contributed by atoms with Crippen molar-refractivity contribution in [3.8, 4) is 0 Å². The maximum absolute atomic E-state index is 5.23. The molecule has 0 unspecified atom stereocenters. The molecule has 0 aromatic carbocycles.